The van der Waals surface area contributed by atoms with Crippen LogP contribution in [0.25, 0.3) is 0 Å². The molecule has 0 saturated heterocycles. The Hall–Kier alpha value is -0.220. The fourth-order valence-electron chi connectivity index (χ4n) is 0.381. The first-order chi connectivity index (χ1) is 4.16. The van der Waals surface area contributed by atoms with Crippen molar-refractivity contribution in [2.24, 2.45) is 0 Å². The molecule has 0 aliphatic carbocycles. The molecule has 0 aromatic heterocycles. The lowest BCUT2D eigenvalue weighted by Crippen LogP contribution is -2.07. The Bertz CT molecular complexity index is 94.2. The second kappa shape index (κ2) is 4.64. The van der Waals surface area contributed by atoms with Crippen molar-refractivity contribution < 1.29 is 15.0 Å². The summed E-state index contributed by atoms with van der Waals surface area (Å²) in [6.07, 6.45) is 0.504. The van der Waals surface area contributed by atoms with E-state index in [0.717, 1.165) is 0 Å². The third kappa shape index (κ3) is 5.65. The molecule has 0 fully saturated rings. The van der Waals surface area contributed by atoms with Gasteiger partial charge in [-0.05, 0) is 6.42 Å². The predicted molar refractivity (Wildman–Crippen MR) is 36.7 cm³/mol. The van der Waals surface area contributed by atoms with Gasteiger partial charge in [0.05, 0.1) is 6.61 Å². The zero-order chi connectivity index (χ0) is 7.28. The summed E-state index contributed by atoms with van der Waals surface area (Å²) in [6.45, 7) is -0.0591. The van der Waals surface area contributed by atoms with Crippen molar-refractivity contribution >= 4 is 18.6 Å². The van der Waals surface area contributed by atoms with Gasteiger partial charge in [0.2, 0.25) is 0 Å². The monoisotopic (exact) mass is 150 g/mol. The molecule has 1 atom stereocenters. The van der Waals surface area contributed by atoms with E-state index < -0.39 is 5.97 Å². The van der Waals surface area contributed by atoms with Crippen LogP contribution >= 0.6 is 12.6 Å². The largest absolute Gasteiger partial charge is 0.481 e. The summed E-state index contributed by atoms with van der Waals surface area (Å²) < 4.78 is 0. The summed E-state index contributed by atoms with van der Waals surface area (Å²) >= 11 is 3.89. The van der Waals surface area contributed by atoms with Crippen molar-refractivity contribution in [2.75, 3.05) is 6.61 Å². The van der Waals surface area contributed by atoms with Crippen LogP contribution < -0.4 is 0 Å². The first-order valence-corrected chi connectivity index (χ1v) is 3.19. The zero-order valence-corrected chi connectivity index (χ0v) is 5.84. The summed E-state index contributed by atoms with van der Waals surface area (Å²) in [7, 11) is 0. The predicted octanol–water partition coefficient (Wildman–Crippen LogP) is 0.142. The molecule has 2 N–H and O–H groups in total. The van der Waals surface area contributed by atoms with Gasteiger partial charge in [0.1, 0.15) is 0 Å². The van der Waals surface area contributed by atoms with Crippen LogP contribution in [-0.2, 0) is 4.79 Å². The van der Waals surface area contributed by atoms with Crippen LogP contribution in [0.4, 0.5) is 0 Å². The van der Waals surface area contributed by atoms with Crippen LogP contribution in [0.5, 0.6) is 0 Å². The van der Waals surface area contributed by atoms with Crippen molar-refractivity contribution in [2.45, 2.75) is 18.1 Å². The van der Waals surface area contributed by atoms with E-state index in [9.17, 15) is 4.79 Å². The number of rotatable bonds is 4. The van der Waals surface area contributed by atoms with E-state index in [1.807, 2.05) is 0 Å². The van der Waals surface area contributed by atoms with Crippen LogP contribution in [0.2, 0.25) is 0 Å². The minimum absolute atomic E-state index is 0.0591. The van der Waals surface area contributed by atoms with Gasteiger partial charge in [-0.3, -0.25) is 4.79 Å². The molecule has 0 radical (unpaired) electrons. The molecule has 0 bridgehead atoms. The maximum atomic E-state index is 9.90. The van der Waals surface area contributed by atoms with Gasteiger partial charge in [0.25, 0.3) is 0 Å². The van der Waals surface area contributed by atoms with Gasteiger partial charge < -0.3 is 10.2 Å². The lowest BCUT2D eigenvalue weighted by atomic mass is 10.2. The van der Waals surface area contributed by atoms with E-state index in [0.29, 0.717) is 6.42 Å². The van der Waals surface area contributed by atoms with Gasteiger partial charge in [-0.1, -0.05) is 0 Å². The van der Waals surface area contributed by atoms with Gasteiger partial charge in [-0.25, -0.2) is 0 Å². The van der Waals surface area contributed by atoms with Crippen LogP contribution in [0.1, 0.15) is 12.8 Å². The van der Waals surface area contributed by atoms with E-state index in [2.05, 4.69) is 12.6 Å². The molecule has 3 nitrogen and oxygen atoms in total. The molecular weight excluding hydrogens is 140 g/mol. The topological polar surface area (TPSA) is 57.5 Å². The second-order valence-electron chi connectivity index (χ2n) is 1.77. The van der Waals surface area contributed by atoms with E-state index in [1.165, 1.54) is 0 Å². The maximum absolute atomic E-state index is 9.90. The third-order valence-corrected chi connectivity index (χ3v) is 1.32. The van der Waals surface area contributed by atoms with Crippen LogP contribution in [-0.4, -0.2) is 28.0 Å². The molecule has 0 aliphatic rings. The Morgan fingerprint density at radius 3 is 2.56 bits per heavy atom. The van der Waals surface area contributed by atoms with Crippen LogP contribution in [0.15, 0.2) is 0 Å². The van der Waals surface area contributed by atoms with E-state index in [1.54, 1.807) is 0 Å². The average Bonchev–Trinajstić information content (AvgIpc) is 1.83. The highest BCUT2D eigenvalue weighted by Crippen LogP contribution is 2.02. The number of hydrogen-bond acceptors (Lipinski definition) is 3. The first-order valence-electron chi connectivity index (χ1n) is 2.67. The number of aliphatic hydroxyl groups excluding tert-OH is 1. The van der Waals surface area contributed by atoms with Crippen molar-refractivity contribution in [1.29, 1.82) is 0 Å². The Morgan fingerprint density at radius 2 is 2.22 bits per heavy atom. The zero-order valence-electron chi connectivity index (χ0n) is 4.95. The number of thiol groups is 1. The number of aliphatic hydroxyl groups is 1. The van der Waals surface area contributed by atoms with Crippen LogP contribution in [0.3, 0.4) is 0 Å². The highest BCUT2D eigenvalue weighted by Gasteiger charge is 2.03. The summed E-state index contributed by atoms with van der Waals surface area (Å²) in [6, 6.07) is 0. The average molecular weight is 150 g/mol. The standard InChI is InChI=1S/C5H10O3S/c6-3-4(9)1-2-5(7)8/h4,6,9H,1-3H2,(H,7,8). The lowest BCUT2D eigenvalue weighted by molar-refractivity contribution is -0.137. The number of hydrogen-bond donors (Lipinski definition) is 3. The molecule has 0 rings (SSSR count). The van der Waals surface area contributed by atoms with Gasteiger partial charge in [0, 0.05) is 11.7 Å². The SMILES string of the molecule is O=C(O)CCC(S)CO. The highest BCUT2D eigenvalue weighted by molar-refractivity contribution is 7.81. The molecule has 0 aromatic rings. The number of carboxylic acids is 1. The minimum atomic E-state index is -0.845. The molecule has 0 amide bonds. The van der Waals surface area contributed by atoms with Crippen molar-refractivity contribution in [3.05, 3.63) is 0 Å². The smallest absolute Gasteiger partial charge is 0.303 e. The highest BCUT2D eigenvalue weighted by atomic mass is 32.1. The van der Waals surface area contributed by atoms with E-state index >= 15 is 0 Å². The normalized spacial score (nSPS) is 13.1. The summed E-state index contributed by atoms with van der Waals surface area (Å²) in [5, 5.41) is 16.3. The molecule has 0 heterocycles. The van der Waals surface area contributed by atoms with E-state index in [4.69, 9.17) is 10.2 Å². The first kappa shape index (κ1) is 8.78. The van der Waals surface area contributed by atoms with Gasteiger partial charge in [0.15, 0.2) is 0 Å². The number of aliphatic carboxylic acids is 1. The van der Waals surface area contributed by atoms with Gasteiger partial charge in [-0.15, -0.1) is 0 Å². The molecule has 4 heteroatoms. The van der Waals surface area contributed by atoms with E-state index in [-0.39, 0.29) is 18.3 Å². The molecule has 54 valence electrons. The Morgan fingerprint density at radius 1 is 1.67 bits per heavy atom. The quantitative estimate of drug-likeness (QED) is 0.500. The third-order valence-electron chi connectivity index (χ3n) is 0.902. The molecular formula is C5H10O3S. The molecule has 0 spiro atoms. The van der Waals surface area contributed by atoms with Crippen molar-refractivity contribution in [1.82, 2.24) is 0 Å². The van der Waals surface area contributed by atoms with Crippen molar-refractivity contribution in [3.63, 3.8) is 0 Å². The molecule has 0 aromatic carbocycles. The Labute approximate surface area is 59.1 Å². The second-order valence-corrected chi connectivity index (χ2v) is 2.50. The number of carbonyl (C=O) groups is 1. The minimum Gasteiger partial charge on any atom is -0.481 e. The Balaban J connectivity index is 3.16. The molecule has 1 unspecified atom stereocenters. The summed E-state index contributed by atoms with van der Waals surface area (Å²) in [5.41, 5.74) is 0. The Kier molecular flexibility index (Phi) is 4.53. The van der Waals surface area contributed by atoms with Gasteiger partial charge in [-0.2, -0.15) is 12.6 Å². The fraction of sp³-hybridized carbons (Fsp3) is 0.800. The number of carboxylic acid groups (broad SMARTS) is 1. The van der Waals surface area contributed by atoms with Crippen LogP contribution in [0, 0.1) is 0 Å². The maximum Gasteiger partial charge on any atom is 0.303 e. The van der Waals surface area contributed by atoms with Crippen molar-refractivity contribution in [3.8, 4) is 0 Å². The lowest BCUT2D eigenvalue weighted by Gasteiger charge is -2.01. The summed E-state index contributed by atoms with van der Waals surface area (Å²) in [4.78, 5) is 9.90. The summed E-state index contributed by atoms with van der Waals surface area (Å²) in [5.74, 6) is -0.845. The molecule has 0 aliphatic heterocycles. The molecule has 9 heavy (non-hydrogen) atoms. The fourth-order valence-corrected chi connectivity index (χ4v) is 0.510. The van der Waals surface area contributed by atoms with Gasteiger partial charge >= 0.3 is 5.97 Å². The molecule has 0 saturated carbocycles.